The van der Waals surface area contributed by atoms with Gasteiger partial charge in [0, 0.05) is 68.2 Å². The predicted octanol–water partition coefficient (Wildman–Crippen LogP) is 20.6. The van der Waals surface area contributed by atoms with Gasteiger partial charge in [-0.05, 0) is 168 Å². The lowest BCUT2D eigenvalue weighted by Gasteiger charge is -2.26. The molecule has 4 heteroatoms. The average Bonchev–Trinajstić information content (AvgIpc) is 3.51. The third-order valence-corrected chi connectivity index (χ3v) is 13.3. The van der Waals surface area contributed by atoms with Gasteiger partial charge in [0.25, 0.3) is 0 Å². The molecule has 0 radical (unpaired) electrons. The Morgan fingerprint density at radius 1 is 0.105 bits per heavy atom. The van der Waals surface area contributed by atoms with Crippen molar-refractivity contribution < 1.29 is 0 Å². The quantitative estimate of drug-likeness (QED) is 0.108. The van der Waals surface area contributed by atoms with Crippen molar-refractivity contribution in [2.24, 2.45) is 0 Å². The topological polar surface area (TPSA) is 13.0 Å². The highest BCUT2D eigenvalue weighted by Crippen LogP contribution is 2.40. The molecule has 12 aromatic carbocycles. The van der Waals surface area contributed by atoms with E-state index in [1.807, 2.05) is 0 Å². The van der Waals surface area contributed by atoms with E-state index in [0.29, 0.717) is 0 Å². The van der Waals surface area contributed by atoms with Gasteiger partial charge in [0.1, 0.15) is 0 Å². The first-order chi connectivity index (χ1) is 37.7. The monoisotopic (exact) mass is 976 g/mol. The Labute approximate surface area is 447 Å². The van der Waals surface area contributed by atoms with Gasteiger partial charge in [0.2, 0.25) is 0 Å². The molecule has 0 saturated heterocycles. The molecule has 0 aromatic heterocycles. The van der Waals surface area contributed by atoms with Gasteiger partial charge in [-0.1, -0.05) is 194 Å². The molecule has 0 bridgehead atoms. The molecule has 76 heavy (non-hydrogen) atoms. The fraction of sp³-hybridized carbons (Fsp3) is 0. The van der Waals surface area contributed by atoms with Crippen LogP contribution in [0.2, 0.25) is 0 Å². The van der Waals surface area contributed by atoms with Crippen molar-refractivity contribution in [1.29, 1.82) is 0 Å². The number of hydrogen-bond donors (Lipinski definition) is 0. The molecule has 0 aliphatic rings. The standard InChI is InChI=1S/2C36H28N2/c2*1-5-13-31(14-6-1)37(32-15-7-2-8-16-32)35-25-21-29(22-26-35)30-23-27-36(28-24-30)38(33-17-9-3-10-18-33)34-19-11-4-12-20-34/h2*1-28H. The molecule has 0 atom stereocenters. The van der Waals surface area contributed by atoms with E-state index in [2.05, 4.69) is 359 Å². The summed E-state index contributed by atoms with van der Waals surface area (Å²) in [6, 6.07) is 119. The van der Waals surface area contributed by atoms with E-state index >= 15 is 0 Å². The van der Waals surface area contributed by atoms with E-state index in [4.69, 9.17) is 0 Å². The van der Waals surface area contributed by atoms with E-state index in [9.17, 15) is 0 Å². The number of hydrogen-bond acceptors (Lipinski definition) is 4. The SMILES string of the molecule is c1ccc(N(c2ccccc2)c2ccc(-c3ccc(N(c4ccccc4)c4ccccc4)cc3)cc2)cc1.c1ccc(N(c2ccccc2)c2ccc(-c3ccc(N(c4ccccc4)c4ccccc4)cc3)cc2)cc1. The van der Waals surface area contributed by atoms with Crippen LogP contribution in [0, 0.1) is 0 Å². The van der Waals surface area contributed by atoms with Crippen LogP contribution in [0.3, 0.4) is 0 Å². The van der Waals surface area contributed by atoms with Gasteiger partial charge in [-0.3, -0.25) is 0 Å². The summed E-state index contributed by atoms with van der Waals surface area (Å²) in [5, 5.41) is 0. The summed E-state index contributed by atoms with van der Waals surface area (Å²) in [5.74, 6) is 0. The lowest BCUT2D eigenvalue weighted by Crippen LogP contribution is -2.09. The lowest BCUT2D eigenvalue weighted by atomic mass is 10.0. The molecule has 12 aromatic rings. The Hall–Kier alpha value is -10.2. The Morgan fingerprint density at radius 3 is 0.329 bits per heavy atom. The number of anilines is 12. The van der Waals surface area contributed by atoms with Gasteiger partial charge < -0.3 is 19.6 Å². The van der Waals surface area contributed by atoms with Crippen LogP contribution in [0.25, 0.3) is 22.3 Å². The average molecular weight is 977 g/mol. The molecule has 364 valence electrons. The van der Waals surface area contributed by atoms with E-state index in [-0.39, 0.29) is 0 Å². The maximum Gasteiger partial charge on any atom is 0.0462 e. The van der Waals surface area contributed by atoms with Crippen LogP contribution in [0.5, 0.6) is 0 Å². The summed E-state index contributed by atoms with van der Waals surface area (Å²) in [6.45, 7) is 0. The molecule has 0 saturated carbocycles. The molecule has 0 spiro atoms. The highest BCUT2D eigenvalue weighted by Gasteiger charge is 2.16. The first-order valence-corrected chi connectivity index (χ1v) is 25.8. The van der Waals surface area contributed by atoms with Crippen molar-refractivity contribution in [3.8, 4) is 22.3 Å². The highest BCUT2D eigenvalue weighted by molar-refractivity contribution is 5.83. The molecule has 0 aliphatic heterocycles. The van der Waals surface area contributed by atoms with E-state index in [0.717, 1.165) is 68.2 Å². The van der Waals surface area contributed by atoms with Crippen LogP contribution < -0.4 is 19.6 Å². The van der Waals surface area contributed by atoms with Crippen molar-refractivity contribution in [3.05, 3.63) is 340 Å². The van der Waals surface area contributed by atoms with E-state index < -0.39 is 0 Å². The van der Waals surface area contributed by atoms with Crippen molar-refractivity contribution >= 4 is 68.2 Å². The maximum absolute atomic E-state index is 2.28. The normalized spacial score (nSPS) is 10.6. The molecular formula is C72H56N4. The second-order valence-electron chi connectivity index (χ2n) is 18.2. The summed E-state index contributed by atoms with van der Waals surface area (Å²) >= 11 is 0. The van der Waals surface area contributed by atoms with Crippen LogP contribution >= 0.6 is 0 Å². The predicted molar refractivity (Wildman–Crippen MR) is 322 cm³/mol. The van der Waals surface area contributed by atoms with Crippen LogP contribution in [0.15, 0.2) is 340 Å². The summed E-state index contributed by atoms with van der Waals surface area (Å²) in [6.07, 6.45) is 0. The van der Waals surface area contributed by atoms with E-state index in [1.54, 1.807) is 0 Å². The van der Waals surface area contributed by atoms with Crippen molar-refractivity contribution in [1.82, 2.24) is 0 Å². The smallest absolute Gasteiger partial charge is 0.0462 e. The second kappa shape index (κ2) is 23.6. The molecule has 0 unspecified atom stereocenters. The fourth-order valence-corrected chi connectivity index (χ4v) is 9.62. The first kappa shape index (κ1) is 48.1. The number of benzene rings is 12. The number of nitrogens with zero attached hydrogens (tertiary/aromatic N) is 4. The van der Waals surface area contributed by atoms with Crippen LogP contribution in [0.4, 0.5) is 68.2 Å². The minimum atomic E-state index is 1.13. The zero-order valence-corrected chi connectivity index (χ0v) is 42.1. The van der Waals surface area contributed by atoms with Gasteiger partial charge in [-0.15, -0.1) is 0 Å². The Kier molecular flexibility index (Phi) is 14.9. The zero-order valence-electron chi connectivity index (χ0n) is 42.1. The zero-order chi connectivity index (χ0) is 51.1. The fourth-order valence-electron chi connectivity index (χ4n) is 9.62. The number of para-hydroxylation sites is 8. The summed E-state index contributed by atoms with van der Waals surface area (Å²) in [5.41, 5.74) is 18.4. The maximum atomic E-state index is 2.28. The van der Waals surface area contributed by atoms with Crippen molar-refractivity contribution in [3.63, 3.8) is 0 Å². The largest absolute Gasteiger partial charge is 0.311 e. The molecule has 4 nitrogen and oxygen atoms in total. The second-order valence-corrected chi connectivity index (χ2v) is 18.2. The van der Waals surface area contributed by atoms with Crippen LogP contribution in [-0.4, -0.2) is 0 Å². The summed E-state index contributed by atoms with van der Waals surface area (Å²) in [4.78, 5) is 9.13. The minimum Gasteiger partial charge on any atom is -0.311 e. The van der Waals surface area contributed by atoms with Crippen molar-refractivity contribution in [2.75, 3.05) is 19.6 Å². The molecule has 0 heterocycles. The lowest BCUT2D eigenvalue weighted by molar-refractivity contribution is 1.28. The third kappa shape index (κ3) is 11.2. The number of rotatable bonds is 14. The van der Waals surface area contributed by atoms with Gasteiger partial charge >= 0.3 is 0 Å². The summed E-state index contributed by atoms with van der Waals surface area (Å²) < 4.78 is 0. The van der Waals surface area contributed by atoms with Gasteiger partial charge in [0.15, 0.2) is 0 Å². The summed E-state index contributed by atoms with van der Waals surface area (Å²) in [7, 11) is 0. The van der Waals surface area contributed by atoms with Gasteiger partial charge in [-0.2, -0.15) is 0 Å². The molecule has 0 aliphatic carbocycles. The molecule has 0 amide bonds. The Morgan fingerprint density at radius 2 is 0.211 bits per heavy atom. The highest BCUT2D eigenvalue weighted by atomic mass is 15.2. The first-order valence-electron chi connectivity index (χ1n) is 25.8. The minimum absolute atomic E-state index is 1.13. The third-order valence-electron chi connectivity index (χ3n) is 13.3. The van der Waals surface area contributed by atoms with Gasteiger partial charge in [-0.25, -0.2) is 0 Å². The Balaban J connectivity index is 0.000000162. The molecular weight excluding hydrogens is 921 g/mol. The van der Waals surface area contributed by atoms with Crippen molar-refractivity contribution in [2.45, 2.75) is 0 Å². The molecule has 0 fully saturated rings. The van der Waals surface area contributed by atoms with Crippen LogP contribution in [0.1, 0.15) is 0 Å². The van der Waals surface area contributed by atoms with Crippen LogP contribution in [-0.2, 0) is 0 Å². The molecule has 12 rings (SSSR count). The van der Waals surface area contributed by atoms with E-state index in [1.165, 1.54) is 22.3 Å². The molecule has 0 N–H and O–H groups in total. The Bertz CT molecular complexity index is 2970. The van der Waals surface area contributed by atoms with Gasteiger partial charge in [0.05, 0.1) is 0 Å².